The molecule has 0 spiro atoms. The first-order valence-corrected chi connectivity index (χ1v) is 11.3. The maximum absolute atomic E-state index is 5.02. The number of methoxy groups -OCH3 is 1. The SMILES string of the molecule is CC(C)NC1=NC(C)N(S)C(NC(C)C)=N1.COc1nc(NC(C)C)nc(NC(C)C)n1. The number of guanidine groups is 2. The lowest BCUT2D eigenvalue weighted by atomic mass is 10.4. The summed E-state index contributed by atoms with van der Waals surface area (Å²) in [6, 6.07) is 1.47. The van der Waals surface area contributed by atoms with Gasteiger partial charge in [-0.05, 0) is 62.3 Å². The molecule has 1 atom stereocenters. The van der Waals surface area contributed by atoms with E-state index in [4.69, 9.17) is 4.74 Å². The number of nitrogens with one attached hydrogen (secondary N) is 4. The Morgan fingerprint density at radius 3 is 1.66 bits per heavy atom. The van der Waals surface area contributed by atoms with Crippen LogP contribution in [-0.4, -0.2) is 68.6 Å². The number of hydrogen-bond donors (Lipinski definition) is 5. The monoisotopic (exact) mass is 468 g/mol. The van der Waals surface area contributed by atoms with Gasteiger partial charge in [0.25, 0.3) is 0 Å². The Hall–Kier alpha value is -2.50. The summed E-state index contributed by atoms with van der Waals surface area (Å²) in [4.78, 5) is 21.2. The van der Waals surface area contributed by atoms with E-state index in [0.29, 0.717) is 36.0 Å². The van der Waals surface area contributed by atoms with Crippen LogP contribution in [0.2, 0.25) is 0 Å². The van der Waals surface area contributed by atoms with Gasteiger partial charge in [0.05, 0.1) is 7.11 Å². The van der Waals surface area contributed by atoms with Crippen LogP contribution in [0, 0.1) is 0 Å². The molecule has 0 aromatic carbocycles. The summed E-state index contributed by atoms with van der Waals surface area (Å²) in [7, 11) is 1.54. The smallest absolute Gasteiger partial charge is 0.322 e. The molecule has 1 aromatic rings. The molecule has 0 radical (unpaired) electrons. The molecule has 1 aliphatic heterocycles. The number of nitrogens with zero attached hydrogens (tertiary/aromatic N) is 6. The van der Waals surface area contributed by atoms with Crippen LogP contribution in [0.4, 0.5) is 11.9 Å². The van der Waals surface area contributed by atoms with E-state index in [1.165, 1.54) is 7.11 Å². The number of aliphatic imine (C=N–C) groups is 2. The van der Waals surface area contributed by atoms with Crippen LogP contribution in [0.15, 0.2) is 9.98 Å². The number of thiol groups is 1. The van der Waals surface area contributed by atoms with Gasteiger partial charge in [0.2, 0.25) is 23.8 Å². The van der Waals surface area contributed by atoms with Crippen molar-refractivity contribution in [1.29, 1.82) is 0 Å². The van der Waals surface area contributed by atoms with Gasteiger partial charge in [0.15, 0.2) is 0 Å². The number of anilines is 2. The molecular weight excluding hydrogens is 428 g/mol. The lowest BCUT2D eigenvalue weighted by Crippen LogP contribution is -2.48. The highest BCUT2D eigenvalue weighted by Crippen LogP contribution is 2.12. The van der Waals surface area contributed by atoms with E-state index in [2.05, 4.69) is 86.7 Å². The van der Waals surface area contributed by atoms with Gasteiger partial charge in [-0.25, -0.2) is 4.99 Å². The number of ether oxygens (including phenoxy) is 1. The molecule has 0 saturated heterocycles. The fourth-order valence-corrected chi connectivity index (χ4v) is 2.52. The first-order chi connectivity index (χ1) is 14.9. The predicted octanol–water partition coefficient (Wildman–Crippen LogP) is 2.72. The second kappa shape index (κ2) is 13.1. The molecule has 2 heterocycles. The second-order valence-electron chi connectivity index (χ2n) is 8.53. The molecule has 0 saturated carbocycles. The van der Waals surface area contributed by atoms with Crippen molar-refractivity contribution in [2.75, 3.05) is 17.7 Å². The van der Waals surface area contributed by atoms with Gasteiger partial charge in [-0.2, -0.15) is 19.9 Å². The van der Waals surface area contributed by atoms with Crippen molar-refractivity contribution in [2.24, 2.45) is 9.98 Å². The Bertz CT molecular complexity index is 738. The third-order valence-corrected chi connectivity index (χ3v) is 4.08. The molecule has 0 amide bonds. The summed E-state index contributed by atoms with van der Waals surface area (Å²) in [5.41, 5.74) is 0. The Morgan fingerprint density at radius 1 is 0.781 bits per heavy atom. The molecule has 1 aromatic heterocycles. The minimum absolute atomic E-state index is 0.0247. The Labute approximate surface area is 197 Å². The lowest BCUT2D eigenvalue weighted by Gasteiger charge is -2.30. The molecular formula is C20H40N10OS. The van der Waals surface area contributed by atoms with Crippen LogP contribution in [0.1, 0.15) is 62.3 Å². The van der Waals surface area contributed by atoms with Crippen molar-refractivity contribution in [1.82, 2.24) is 29.9 Å². The Morgan fingerprint density at radius 2 is 1.25 bits per heavy atom. The molecule has 2 rings (SSSR count). The van der Waals surface area contributed by atoms with Crippen LogP contribution in [-0.2, 0) is 0 Å². The third-order valence-electron chi connectivity index (χ3n) is 3.56. The lowest BCUT2D eigenvalue weighted by molar-refractivity contribution is 0.379. The van der Waals surface area contributed by atoms with Crippen molar-refractivity contribution in [3.05, 3.63) is 0 Å². The van der Waals surface area contributed by atoms with Gasteiger partial charge in [0, 0.05) is 24.2 Å². The second-order valence-corrected chi connectivity index (χ2v) is 8.96. The maximum atomic E-state index is 5.02. The van der Waals surface area contributed by atoms with Gasteiger partial charge >= 0.3 is 6.01 Å². The number of aromatic nitrogens is 3. The first kappa shape index (κ1) is 27.5. The minimum atomic E-state index is -0.0247. The van der Waals surface area contributed by atoms with E-state index in [-0.39, 0.29) is 18.2 Å². The summed E-state index contributed by atoms with van der Waals surface area (Å²) >= 11 is 4.36. The highest BCUT2D eigenvalue weighted by molar-refractivity contribution is 7.78. The Balaban J connectivity index is 0.000000320. The summed E-state index contributed by atoms with van der Waals surface area (Å²) in [6.07, 6.45) is -0.0247. The van der Waals surface area contributed by atoms with Crippen molar-refractivity contribution in [3.8, 4) is 6.01 Å². The van der Waals surface area contributed by atoms with E-state index in [1.54, 1.807) is 4.31 Å². The quantitative estimate of drug-likeness (QED) is 0.384. The molecule has 0 bridgehead atoms. The van der Waals surface area contributed by atoms with Crippen molar-refractivity contribution in [3.63, 3.8) is 0 Å². The normalized spacial score (nSPS) is 15.8. The van der Waals surface area contributed by atoms with Crippen LogP contribution >= 0.6 is 12.8 Å². The zero-order valence-corrected chi connectivity index (χ0v) is 21.8. The average molecular weight is 469 g/mol. The Kier molecular flexibility index (Phi) is 11.3. The fraction of sp³-hybridized carbons (Fsp3) is 0.750. The highest BCUT2D eigenvalue weighted by atomic mass is 32.1. The summed E-state index contributed by atoms with van der Waals surface area (Å²) in [5, 5.41) is 12.7. The van der Waals surface area contributed by atoms with Crippen molar-refractivity contribution < 1.29 is 4.74 Å². The molecule has 32 heavy (non-hydrogen) atoms. The zero-order chi connectivity index (χ0) is 24.4. The average Bonchev–Trinajstić information content (AvgIpc) is 2.64. The summed E-state index contributed by atoms with van der Waals surface area (Å²) in [5.74, 6) is 2.44. The third kappa shape index (κ3) is 10.2. The van der Waals surface area contributed by atoms with Crippen LogP contribution in [0.25, 0.3) is 0 Å². The molecule has 182 valence electrons. The van der Waals surface area contributed by atoms with E-state index in [0.717, 1.165) is 5.96 Å². The molecule has 1 aliphatic rings. The van der Waals surface area contributed by atoms with E-state index < -0.39 is 0 Å². The highest BCUT2D eigenvalue weighted by Gasteiger charge is 2.21. The zero-order valence-electron chi connectivity index (χ0n) is 20.9. The van der Waals surface area contributed by atoms with Crippen LogP contribution in [0.3, 0.4) is 0 Å². The topological polar surface area (TPSA) is 124 Å². The van der Waals surface area contributed by atoms with Gasteiger partial charge in [-0.15, -0.1) is 0 Å². The summed E-state index contributed by atoms with van der Waals surface area (Å²) < 4.78 is 6.74. The summed E-state index contributed by atoms with van der Waals surface area (Å²) in [6.45, 7) is 18.3. The molecule has 4 N–H and O–H groups in total. The van der Waals surface area contributed by atoms with E-state index >= 15 is 0 Å². The van der Waals surface area contributed by atoms with Crippen LogP contribution in [0.5, 0.6) is 6.01 Å². The number of rotatable bonds is 7. The van der Waals surface area contributed by atoms with Crippen LogP contribution < -0.4 is 26.0 Å². The largest absolute Gasteiger partial charge is 0.467 e. The first-order valence-electron chi connectivity index (χ1n) is 10.9. The van der Waals surface area contributed by atoms with Gasteiger partial charge in [-0.3, -0.25) is 4.31 Å². The minimum Gasteiger partial charge on any atom is -0.467 e. The van der Waals surface area contributed by atoms with E-state index in [9.17, 15) is 0 Å². The van der Waals surface area contributed by atoms with Gasteiger partial charge < -0.3 is 26.0 Å². The van der Waals surface area contributed by atoms with E-state index in [1.807, 2.05) is 34.6 Å². The predicted molar refractivity (Wildman–Crippen MR) is 136 cm³/mol. The molecule has 12 heteroatoms. The maximum Gasteiger partial charge on any atom is 0.322 e. The molecule has 1 unspecified atom stereocenters. The molecule has 11 nitrogen and oxygen atoms in total. The van der Waals surface area contributed by atoms with Gasteiger partial charge in [-0.1, -0.05) is 12.8 Å². The number of hydrogen-bond acceptors (Lipinski definition) is 12. The fourth-order valence-electron chi connectivity index (χ4n) is 2.37. The standard InChI is InChI=1S/C10H19N5O.C10H21N5S/c1-6(2)11-8-13-9(12-7(3)4)15-10(14-8)16-5;1-6(2)11-9-13-8(5)15(16)10(14-9)12-7(3)4/h6-7H,1-5H3,(H2,11,12,13,14,15);6-8,16H,1-5H3,(H2,11,12,13,14). The van der Waals surface area contributed by atoms with Crippen molar-refractivity contribution >= 4 is 36.6 Å². The van der Waals surface area contributed by atoms with Gasteiger partial charge in [0.1, 0.15) is 6.17 Å². The molecule has 0 aliphatic carbocycles. The molecule has 0 fully saturated rings. The van der Waals surface area contributed by atoms with Crippen molar-refractivity contribution in [2.45, 2.75) is 92.6 Å².